The van der Waals surface area contributed by atoms with E-state index in [9.17, 15) is 4.79 Å². The minimum atomic E-state index is 0.315. The van der Waals surface area contributed by atoms with Gasteiger partial charge in [0.05, 0.1) is 6.61 Å². The Kier molecular flexibility index (Phi) is 6.07. The summed E-state index contributed by atoms with van der Waals surface area (Å²) in [5.74, 6) is 0.976. The van der Waals surface area contributed by atoms with E-state index >= 15 is 0 Å². The molecule has 2 rings (SSSR count). The van der Waals surface area contributed by atoms with E-state index in [4.69, 9.17) is 4.74 Å². The summed E-state index contributed by atoms with van der Waals surface area (Å²) in [7, 11) is 0. The molecule has 0 aliphatic carbocycles. The molecular weight excluding hydrogens is 242 g/mol. The van der Waals surface area contributed by atoms with Crippen molar-refractivity contribution >= 4 is 5.91 Å². The fourth-order valence-corrected chi connectivity index (χ4v) is 2.86. The Hall–Kier alpha value is -0.650. The maximum Gasteiger partial charge on any atom is 0.223 e. The van der Waals surface area contributed by atoms with Crippen LogP contribution >= 0.6 is 0 Å². The first-order valence-electron chi connectivity index (χ1n) is 7.58. The molecule has 0 aromatic carbocycles. The van der Waals surface area contributed by atoms with E-state index in [1.54, 1.807) is 0 Å². The Morgan fingerprint density at radius 3 is 2.84 bits per heavy atom. The monoisotopic (exact) mass is 269 g/mol. The van der Waals surface area contributed by atoms with Gasteiger partial charge in [0, 0.05) is 52.3 Å². The lowest BCUT2D eigenvalue weighted by molar-refractivity contribution is -0.132. The highest BCUT2D eigenvalue weighted by atomic mass is 16.5. The summed E-state index contributed by atoms with van der Waals surface area (Å²) in [4.78, 5) is 16.5. The van der Waals surface area contributed by atoms with Gasteiger partial charge >= 0.3 is 0 Å². The number of hydrogen-bond acceptors (Lipinski definition) is 4. The highest BCUT2D eigenvalue weighted by Gasteiger charge is 2.23. The normalized spacial score (nSPS) is 24.9. The summed E-state index contributed by atoms with van der Waals surface area (Å²) in [5.41, 5.74) is 0. The average molecular weight is 269 g/mol. The number of amides is 1. The summed E-state index contributed by atoms with van der Waals surface area (Å²) < 4.78 is 5.48. The molecule has 0 aromatic rings. The molecule has 1 amide bonds. The molecule has 2 aliphatic rings. The smallest absolute Gasteiger partial charge is 0.223 e. The Balaban J connectivity index is 1.61. The first-order chi connectivity index (χ1) is 9.29. The molecule has 2 heterocycles. The molecule has 0 saturated carbocycles. The summed E-state index contributed by atoms with van der Waals surface area (Å²) in [5, 5.41) is 3.27. The molecule has 2 aliphatic heterocycles. The quantitative estimate of drug-likeness (QED) is 0.746. The van der Waals surface area contributed by atoms with Crippen LogP contribution in [-0.2, 0) is 9.53 Å². The standard InChI is InChI=1S/C14H27N3O2/c1-2-19-12-13-3-7-16(11-13)8-4-14(18)17-9-5-15-6-10-17/h13,15H,2-12H2,1H3. The molecule has 0 spiro atoms. The predicted octanol–water partition coefficient (Wildman–Crippen LogP) is 0.167. The lowest BCUT2D eigenvalue weighted by Gasteiger charge is -2.28. The Bertz CT molecular complexity index is 280. The number of nitrogens with one attached hydrogen (secondary N) is 1. The Morgan fingerprint density at radius 2 is 2.11 bits per heavy atom. The van der Waals surface area contributed by atoms with E-state index in [1.165, 1.54) is 6.42 Å². The molecule has 0 bridgehead atoms. The van der Waals surface area contributed by atoms with E-state index in [-0.39, 0.29) is 0 Å². The number of carbonyl (C=O) groups excluding carboxylic acids is 1. The van der Waals surface area contributed by atoms with E-state index < -0.39 is 0 Å². The van der Waals surface area contributed by atoms with E-state index in [2.05, 4.69) is 10.2 Å². The van der Waals surface area contributed by atoms with Gasteiger partial charge in [0.15, 0.2) is 0 Å². The van der Waals surface area contributed by atoms with Crippen LogP contribution in [0.25, 0.3) is 0 Å². The zero-order chi connectivity index (χ0) is 13.5. The molecule has 19 heavy (non-hydrogen) atoms. The molecule has 1 unspecified atom stereocenters. The second-order valence-electron chi connectivity index (χ2n) is 5.50. The number of likely N-dealkylation sites (tertiary alicyclic amines) is 1. The van der Waals surface area contributed by atoms with Crippen molar-refractivity contribution in [1.29, 1.82) is 0 Å². The summed E-state index contributed by atoms with van der Waals surface area (Å²) in [6, 6.07) is 0. The van der Waals surface area contributed by atoms with Crippen LogP contribution in [0.3, 0.4) is 0 Å². The fourth-order valence-electron chi connectivity index (χ4n) is 2.86. The van der Waals surface area contributed by atoms with Gasteiger partial charge in [0.25, 0.3) is 0 Å². The number of nitrogens with zero attached hydrogens (tertiary/aromatic N) is 2. The topological polar surface area (TPSA) is 44.8 Å². The fraction of sp³-hybridized carbons (Fsp3) is 0.929. The van der Waals surface area contributed by atoms with Crippen LogP contribution in [0.1, 0.15) is 19.8 Å². The van der Waals surface area contributed by atoms with Crippen LogP contribution in [-0.4, -0.2) is 74.7 Å². The van der Waals surface area contributed by atoms with Crippen LogP contribution in [0.5, 0.6) is 0 Å². The second kappa shape index (κ2) is 7.82. The summed E-state index contributed by atoms with van der Waals surface area (Å²) >= 11 is 0. The number of ether oxygens (including phenoxy) is 1. The van der Waals surface area contributed by atoms with Gasteiger partial charge in [-0.15, -0.1) is 0 Å². The van der Waals surface area contributed by atoms with Crippen LogP contribution in [0.15, 0.2) is 0 Å². The van der Waals surface area contributed by atoms with Crippen molar-refractivity contribution < 1.29 is 9.53 Å². The van der Waals surface area contributed by atoms with E-state index in [0.29, 0.717) is 18.2 Å². The molecule has 5 nitrogen and oxygen atoms in total. The van der Waals surface area contributed by atoms with Gasteiger partial charge in [0.1, 0.15) is 0 Å². The summed E-state index contributed by atoms with van der Waals surface area (Å²) in [6.45, 7) is 10.4. The van der Waals surface area contributed by atoms with Crippen LogP contribution in [0.2, 0.25) is 0 Å². The third-order valence-electron chi connectivity index (χ3n) is 4.04. The zero-order valence-electron chi connectivity index (χ0n) is 12.1. The third-order valence-corrected chi connectivity index (χ3v) is 4.04. The van der Waals surface area contributed by atoms with Crippen molar-refractivity contribution in [2.45, 2.75) is 19.8 Å². The van der Waals surface area contributed by atoms with Crippen molar-refractivity contribution in [2.24, 2.45) is 5.92 Å². The van der Waals surface area contributed by atoms with Gasteiger partial charge < -0.3 is 19.9 Å². The lowest BCUT2D eigenvalue weighted by atomic mass is 10.1. The number of rotatable bonds is 6. The number of hydrogen-bond donors (Lipinski definition) is 1. The largest absolute Gasteiger partial charge is 0.381 e. The van der Waals surface area contributed by atoms with E-state index in [1.807, 2.05) is 11.8 Å². The molecule has 1 N–H and O–H groups in total. The Morgan fingerprint density at radius 1 is 1.32 bits per heavy atom. The first kappa shape index (κ1) is 14.8. The van der Waals surface area contributed by atoms with Crippen LogP contribution in [0.4, 0.5) is 0 Å². The van der Waals surface area contributed by atoms with Crippen molar-refractivity contribution in [3.8, 4) is 0 Å². The third kappa shape index (κ3) is 4.75. The maximum atomic E-state index is 12.1. The highest BCUT2D eigenvalue weighted by Crippen LogP contribution is 2.16. The zero-order valence-corrected chi connectivity index (χ0v) is 12.1. The number of carbonyl (C=O) groups is 1. The SMILES string of the molecule is CCOCC1CCN(CCC(=O)N2CCNCC2)C1. The molecule has 0 aromatic heterocycles. The molecule has 0 radical (unpaired) electrons. The Labute approximate surface area is 116 Å². The molecule has 2 saturated heterocycles. The van der Waals surface area contributed by atoms with Gasteiger partial charge in [-0.25, -0.2) is 0 Å². The minimum absolute atomic E-state index is 0.315. The van der Waals surface area contributed by atoms with Crippen molar-refractivity contribution in [3.63, 3.8) is 0 Å². The lowest BCUT2D eigenvalue weighted by Crippen LogP contribution is -2.47. The molecular formula is C14H27N3O2. The van der Waals surface area contributed by atoms with Crippen molar-refractivity contribution in [3.05, 3.63) is 0 Å². The molecule has 110 valence electrons. The van der Waals surface area contributed by atoms with Gasteiger partial charge in [-0.3, -0.25) is 4.79 Å². The van der Waals surface area contributed by atoms with Crippen LogP contribution in [0, 0.1) is 5.92 Å². The van der Waals surface area contributed by atoms with Gasteiger partial charge in [0.2, 0.25) is 5.91 Å². The molecule has 5 heteroatoms. The average Bonchev–Trinajstić information content (AvgIpc) is 2.91. The minimum Gasteiger partial charge on any atom is -0.381 e. The van der Waals surface area contributed by atoms with Crippen molar-refractivity contribution in [1.82, 2.24) is 15.1 Å². The maximum absolute atomic E-state index is 12.1. The number of piperazine rings is 1. The summed E-state index contributed by atoms with van der Waals surface area (Å²) in [6.07, 6.45) is 1.88. The first-order valence-corrected chi connectivity index (χ1v) is 7.58. The molecule has 1 atom stereocenters. The van der Waals surface area contributed by atoms with Gasteiger partial charge in [-0.2, -0.15) is 0 Å². The van der Waals surface area contributed by atoms with E-state index in [0.717, 1.165) is 59.0 Å². The molecule has 2 fully saturated rings. The second-order valence-corrected chi connectivity index (χ2v) is 5.50. The predicted molar refractivity (Wildman–Crippen MR) is 75.1 cm³/mol. The van der Waals surface area contributed by atoms with Crippen LogP contribution < -0.4 is 5.32 Å². The van der Waals surface area contributed by atoms with Gasteiger partial charge in [-0.05, 0) is 25.8 Å². The van der Waals surface area contributed by atoms with Gasteiger partial charge in [-0.1, -0.05) is 0 Å². The van der Waals surface area contributed by atoms with Crippen molar-refractivity contribution in [2.75, 3.05) is 59.0 Å². The highest BCUT2D eigenvalue weighted by molar-refractivity contribution is 5.76.